The minimum Gasteiger partial charge on any atom is -0.467 e. The molecule has 26 heavy (non-hydrogen) atoms. The fourth-order valence-electron chi connectivity index (χ4n) is 2.13. The number of carbonyl (C=O) groups excluding carboxylic acids is 1. The number of rotatable bonds is 7. The Balaban J connectivity index is 0.00000338. The van der Waals surface area contributed by atoms with Gasteiger partial charge in [0.2, 0.25) is 5.91 Å². The minimum atomic E-state index is -0.111. The van der Waals surface area contributed by atoms with E-state index in [9.17, 15) is 4.79 Å². The van der Waals surface area contributed by atoms with Crippen molar-refractivity contribution in [1.82, 2.24) is 10.6 Å². The molecule has 0 aliphatic carbocycles. The Morgan fingerprint density at radius 3 is 2.73 bits per heavy atom. The molecule has 0 radical (unpaired) electrons. The predicted molar refractivity (Wildman–Crippen MR) is 116 cm³/mol. The van der Waals surface area contributed by atoms with E-state index in [1.165, 1.54) is 0 Å². The van der Waals surface area contributed by atoms with E-state index >= 15 is 0 Å². The summed E-state index contributed by atoms with van der Waals surface area (Å²) in [5, 5.41) is 9.60. The van der Waals surface area contributed by atoms with Crippen LogP contribution in [0, 0.1) is 6.92 Å². The van der Waals surface area contributed by atoms with Gasteiger partial charge in [-0.05, 0) is 43.7 Å². The first kappa shape index (κ1) is 22.3. The molecule has 0 bridgehead atoms. The van der Waals surface area contributed by atoms with Crippen molar-refractivity contribution in [2.45, 2.75) is 26.8 Å². The largest absolute Gasteiger partial charge is 0.467 e. The zero-order valence-electron chi connectivity index (χ0n) is 14.8. The summed E-state index contributed by atoms with van der Waals surface area (Å²) in [7, 11) is 0. The Morgan fingerprint density at radius 1 is 1.27 bits per heavy atom. The quantitative estimate of drug-likeness (QED) is 0.312. The van der Waals surface area contributed by atoms with Crippen LogP contribution in [0.4, 0.5) is 5.69 Å². The second kappa shape index (κ2) is 11.8. The topological polar surface area (TPSA) is 78.7 Å². The monoisotopic (exact) mass is 490 g/mol. The number of anilines is 1. The molecule has 1 aromatic heterocycles. The van der Waals surface area contributed by atoms with Gasteiger partial charge < -0.3 is 20.4 Å². The van der Waals surface area contributed by atoms with E-state index in [-0.39, 0.29) is 29.9 Å². The van der Waals surface area contributed by atoms with Gasteiger partial charge in [-0.2, -0.15) is 0 Å². The summed E-state index contributed by atoms with van der Waals surface area (Å²) in [5.41, 5.74) is 1.67. The van der Waals surface area contributed by atoms with Crippen LogP contribution in [0.15, 0.2) is 46.0 Å². The molecule has 0 atom stereocenters. The molecule has 0 saturated carbocycles. The maximum Gasteiger partial charge on any atom is 0.226 e. The standard InChI is InChI=1S/C18H23ClN4O2.HI/c1-3-20-18(22-12-14-5-4-10-25-14)21-9-8-17(24)23-16-7-6-13(2)11-15(16)19;/h4-7,10-11H,3,8-9,12H2,1-2H3,(H,23,24)(H2,20,21,22);1H. The van der Waals surface area contributed by atoms with Crippen LogP contribution in [0.1, 0.15) is 24.7 Å². The number of nitrogens with zero attached hydrogens (tertiary/aromatic N) is 1. The third-order valence-corrected chi connectivity index (χ3v) is 3.67. The summed E-state index contributed by atoms with van der Waals surface area (Å²) in [6.45, 7) is 5.56. The maximum absolute atomic E-state index is 12.0. The maximum atomic E-state index is 12.0. The van der Waals surface area contributed by atoms with E-state index in [0.29, 0.717) is 36.2 Å². The highest BCUT2D eigenvalue weighted by Crippen LogP contribution is 2.22. The van der Waals surface area contributed by atoms with E-state index in [1.54, 1.807) is 12.3 Å². The first-order valence-corrected chi connectivity index (χ1v) is 8.57. The molecule has 0 saturated heterocycles. The number of amides is 1. The molecule has 8 heteroatoms. The summed E-state index contributed by atoms with van der Waals surface area (Å²) < 4.78 is 5.25. The number of benzene rings is 1. The summed E-state index contributed by atoms with van der Waals surface area (Å²) in [6.07, 6.45) is 1.92. The average molecular weight is 491 g/mol. The Hall–Kier alpha value is -1.74. The highest BCUT2D eigenvalue weighted by atomic mass is 127. The van der Waals surface area contributed by atoms with Crippen LogP contribution in [0.3, 0.4) is 0 Å². The molecule has 142 valence electrons. The van der Waals surface area contributed by atoms with Gasteiger partial charge in [-0.15, -0.1) is 24.0 Å². The molecule has 0 fully saturated rings. The molecule has 1 aromatic carbocycles. The number of aliphatic imine (C=N–C) groups is 1. The van der Waals surface area contributed by atoms with Crippen molar-refractivity contribution in [2.75, 3.05) is 18.4 Å². The van der Waals surface area contributed by atoms with Crippen LogP contribution < -0.4 is 16.0 Å². The Morgan fingerprint density at radius 2 is 2.08 bits per heavy atom. The highest BCUT2D eigenvalue weighted by Gasteiger charge is 2.06. The van der Waals surface area contributed by atoms with E-state index in [1.807, 2.05) is 38.1 Å². The Bertz CT molecular complexity index is 720. The van der Waals surface area contributed by atoms with E-state index in [0.717, 1.165) is 17.9 Å². The summed E-state index contributed by atoms with van der Waals surface area (Å²) in [4.78, 5) is 16.5. The van der Waals surface area contributed by atoms with Gasteiger partial charge in [0.25, 0.3) is 0 Å². The molecule has 2 rings (SSSR count). The van der Waals surface area contributed by atoms with Crippen LogP contribution in [-0.4, -0.2) is 25.0 Å². The number of aryl methyl sites for hydroxylation is 1. The average Bonchev–Trinajstić information content (AvgIpc) is 3.09. The van der Waals surface area contributed by atoms with E-state index in [4.69, 9.17) is 16.0 Å². The Kier molecular flexibility index (Phi) is 10.1. The van der Waals surface area contributed by atoms with Crippen molar-refractivity contribution in [1.29, 1.82) is 0 Å². The van der Waals surface area contributed by atoms with E-state index in [2.05, 4.69) is 20.9 Å². The summed E-state index contributed by atoms with van der Waals surface area (Å²) in [5.74, 6) is 1.31. The molecule has 2 aromatic rings. The van der Waals surface area contributed by atoms with Gasteiger partial charge in [0, 0.05) is 19.5 Å². The van der Waals surface area contributed by atoms with Gasteiger partial charge in [-0.3, -0.25) is 4.79 Å². The van der Waals surface area contributed by atoms with Crippen LogP contribution in [0.2, 0.25) is 5.02 Å². The summed E-state index contributed by atoms with van der Waals surface area (Å²) in [6, 6.07) is 9.22. The minimum absolute atomic E-state index is 0. The zero-order chi connectivity index (χ0) is 18.1. The molecule has 0 aliphatic rings. The third-order valence-electron chi connectivity index (χ3n) is 3.36. The first-order chi connectivity index (χ1) is 12.1. The number of guanidine groups is 1. The van der Waals surface area contributed by atoms with Crippen LogP contribution in [0.5, 0.6) is 0 Å². The lowest BCUT2D eigenvalue weighted by Crippen LogP contribution is -2.38. The number of furan rings is 1. The lowest BCUT2D eigenvalue weighted by molar-refractivity contribution is -0.116. The lowest BCUT2D eigenvalue weighted by Gasteiger charge is -2.11. The van der Waals surface area contributed by atoms with Crippen molar-refractivity contribution in [3.8, 4) is 0 Å². The van der Waals surface area contributed by atoms with Crippen LogP contribution >= 0.6 is 35.6 Å². The molecule has 1 amide bonds. The van der Waals surface area contributed by atoms with Gasteiger partial charge in [0.05, 0.1) is 17.0 Å². The molecular formula is C18H24ClIN4O2. The number of nitrogens with one attached hydrogen (secondary N) is 3. The second-order valence-electron chi connectivity index (χ2n) is 5.48. The van der Waals surface area contributed by atoms with Crippen molar-refractivity contribution in [3.05, 3.63) is 52.9 Å². The SMILES string of the molecule is CCNC(=NCc1ccco1)NCCC(=O)Nc1ccc(C)cc1Cl.I. The third kappa shape index (κ3) is 7.65. The molecule has 3 N–H and O–H groups in total. The van der Waals surface area contributed by atoms with Gasteiger partial charge in [0.1, 0.15) is 12.3 Å². The summed E-state index contributed by atoms with van der Waals surface area (Å²) >= 11 is 6.12. The Labute approximate surface area is 175 Å². The second-order valence-corrected chi connectivity index (χ2v) is 5.89. The molecule has 0 unspecified atom stereocenters. The first-order valence-electron chi connectivity index (χ1n) is 8.19. The number of hydrogen-bond donors (Lipinski definition) is 3. The van der Waals surface area contributed by atoms with Crippen molar-refractivity contribution >= 4 is 53.1 Å². The fourth-order valence-corrected chi connectivity index (χ4v) is 2.41. The zero-order valence-corrected chi connectivity index (χ0v) is 17.9. The van der Waals surface area contributed by atoms with Crippen LogP contribution in [0.25, 0.3) is 0 Å². The van der Waals surface area contributed by atoms with Gasteiger partial charge in [0.15, 0.2) is 5.96 Å². The van der Waals surface area contributed by atoms with Crippen molar-refractivity contribution in [3.63, 3.8) is 0 Å². The smallest absolute Gasteiger partial charge is 0.226 e. The van der Waals surface area contributed by atoms with Crippen LogP contribution in [-0.2, 0) is 11.3 Å². The molecule has 1 heterocycles. The normalized spacial score (nSPS) is 10.8. The molecule has 0 aliphatic heterocycles. The van der Waals surface area contributed by atoms with E-state index < -0.39 is 0 Å². The fraction of sp³-hybridized carbons (Fsp3) is 0.333. The van der Waals surface area contributed by atoms with Gasteiger partial charge >= 0.3 is 0 Å². The van der Waals surface area contributed by atoms with Crippen molar-refractivity contribution < 1.29 is 9.21 Å². The number of hydrogen-bond acceptors (Lipinski definition) is 3. The predicted octanol–water partition coefficient (Wildman–Crippen LogP) is 3.94. The van der Waals surface area contributed by atoms with Gasteiger partial charge in [-0.1, -0.05) is 17.7 Å². The lowest BCUT2D eigenvalue weighted by atomic mass is 10.2. The van der Waals surface area contributed by atoms with Gasteiger partial charge in [-0.25, -0.2) is 4.99 Å². The van der Waals surface area contributed by atoms with Crippen molar-refractivity contribution in [2.24, 2.45) is 4.99 Å². The highest BCUT2D eigenvalue weighted by molar-refractivity contribution is 14.0. The molecular weight excluding hydrogens is 467 g/mol. The molecule has 6 nitrogen and oxygen atoms in total. The number of carbonyl (C=O) groups is 1. The number of halogens is 2. The molecule has 0 spiro atoms.